The van der Waals surface area contributed by atoms with Gasteiger partial charge < -0.3 is 14.2 Å². The van der Waals surface area contributed by atoms with Crippen molar-refractivity contribution in [2.24, 2.45) is 0 Å². The van der Waals surface area contributed by atoms with E-state index in [-0.39, 0.29) is 31.1 Å². The first-order chi connectivity index (χ1) is 39.0. The van der Waals surface area contributed by atoms with E-state index < -0.39 is 6.10 Å². The molecule has 0 aliphatic rings. The van der Waals surface area contributed by atoms with E-state index in [2.05, 4.69) is 32.9 Å². The highest BCUT2D eigenvalue weighted by Crippen LogP contribution is 2.19. The van der Waals surface area contributed by atoms with Crippen LogP contribution in [0, 0.1) is 0 Å². The molecule has 1 atom stereocenters. The Labute approximate surface area is 494 Å². The summed E-state index contributed by atoms with van der Waals surface area (Å²) in [5.41, 5.74) is 0. The first-order valence-electron chi connectivity index (χ1n) is 36.2. The molecule has 6 heteroatoms. The van der Waals surface area contributed by atoms with Gasteiger partial charge in [-0.25, -0.2) is 0 Å². The molecule has 0 bridgehead atoms. The fourth-order valence-electron chi connectivity index (χ4n) is 11.3. The van der Waals surface area contributed by atoms with E-state index in [1.54, 1.807) is 0 Å². The van der Waals surface area contributed by atoms with Gasteiger partial charge in [-0.05, 0) is 44.9 Å². The SMILES string of the molecule is CCCCCCCC/C=C\CCCCCCCCCC(=O)OCC(COC(=O)CCCCCCCCCCCCCCCCCCCCCCCCCCC)OC(=O)CCCCCCCCCCCCCCCCCCCCC. The van der Waals surface area contributed by atoms with E-state index >= 15 is 0 Å². The maximum absolute atomic E-state index is 13.0. The lowest BCUT2D eigenvalue weighted by Gasteiger charge is -2.18. The molecule has 0 aliphatic carbocycles. The van der Waals surface area contributed by atoms with Crippen molar-refractivity contribution in [1.29, 1.82) is 0 Å². The molecule has 0 saturated carbocycles. The van der Waals surface area contributed by atoms with Gasteiger partial charge in [0.05, 0.1) is 0 Å². The van der Waals surface area contributed by atoms with E-state index in [1.807, 2.05) is 0 Å². The highest BCUT2D eigenvalue weighted by molar-refractivity contribution is 5.71. The van der Waals surface area contributed by atoms with E-state index in [4.69, 9.17) is 14.2 Å². The summed E-state index contributed by atoms with van der Waals surface area (Å²) in [5.74, 6) is -0.831. The Morgan fingerprint density at radius 2 is 0.418 bits per heavy atom. The van der Waals surface area contributed by atoms with Crippen molar-refractivity contribution in [1.82, 2.24) is 0 Å². The number of esters is 3. The highest BCUT2D eigenvalue weighted by Gasteiger charge is 2.19. The number of ether oxygens (including phenoxy) is 3. The number of hydrogen-bond acceptors (Lipinski definition) is 6. The molecule has 6 nitrogen and oxygen atoms in total. The van der Waals surface area contributed by atoms with Crippen molar-refractivity contribution >= 4 is 17.9 Å². The van der Waals surface area contributed by atoms with Crippen molar-refractivity contribution in [2.75, 3.05) is 13.2 Å². The first kappa shape index (κ1) is 77.2. The molecule has 0 rings (SSSR count). The van der Waals surface area contributed by atoms with Crippen LogP contribution in [0.1, 0.15) is 419 Å². The van der Waals surface area contributed by atoms with Gasteiger partial charge in [0.2, 0.25) is 0 Å². The number of allylic oxidation sites excluding steroid dienone is 2. The van der Waals surface area contributed by atoms with Crippen LogP contribution in [0.2, 0.25) is 0 Å². The molecule has 0 spiro atoms. The number of carbonyl (C=O) groups excluding carboxylic acids is 3. The number of rotatable bonds is 68. The van der Waals surface area contributed by atoms with Gasteiger partial charge in [-0.2, -0.15) is 0 Å². The van der Waals surface area contributed by atoms with Gasteiger partial charge in [0.1, 0.15) is 13.2 Å². The average Bonchev–Trinajstić information content (AvgIpc) is 3.45. The number of hydrogen-bond donors (Lipinski definition) is 0. The second-order valence-electron chi connectivity index (χ2n) is 24.9. The number of carbonyl (C=O) groups is 3. The summed E-state index contributed by atoms with van der Waals surface area (Å²) < 4.78 is 17.0. The summed E-state index contributed by atoms with van der Waals surface area (Å²) >= 11 is 0. The molecule has 0 saturated heterocycles. The van der Waals surface area contributed by atoms with E-state index in [0.29, 0.717) is 19.3 Å². The zero-order valence-corrected chi connectivity index (χ0v) is 53.9. The molecule has 0 amide bonds. The second-order valence-corrected chi connectivity index (χ2v) is 24.9. The molecule has 79 heavy (non-hydrogen) atoms. The monoisotopic (exact) mass is 1110 g/mol. The summed E-state index contributed by atoms with van der Waals surface area (Å²) in [6.07, 6.45) is 82.4. The molecule has 0 aromatic heterocycles. The third kappa shape index (κ3) is 66.8. The molecule has 0 N–H and O–H groups in total. The summed E-state index contributed by atoms with van der Waals surface area (Å²) in [6.45, 7) is 6.73. The Morgan fingerprint density at radius 1 is 0.241 bits per heavy atom. The minimum atomic E-state index is -0.768. The van der Waals surface area contributed by atoms with Crippen LogP contribution in [0.25, 0.3) is 0 Å². The van der Waals surface area contributed by atoms with Crippen LogP contribution in [-0.2, 0) is 28.6 Å². The molecule has 0 radical (unpaired) electrons. The molecular weight excluding hydrogens is 973 g/mol. The van der Waals surface area contributed by atoms with Crippen molar-refractivity contribution in [3.05, 3.63) is 12.2 Å². The Bertz CT molecular complexity index is 1230. The normalized spacial score (nSPS) is 12.0. The Morgan fingerprint density at radius 3 is 0.633 bits per heavy atom. The molecule has 0 fully saturated rings. The van der Waals surface area contributed by atoms with Crippen LogP contribution in [0.4, 0.5) is 0 Å². The van der Waals surface area contributed by atoms with Crippen molar-refractivity contribution in [3.8, 4) is 0 Å². The highest BCUT2D eigenvalue weighted by atomic mass is 16.6. The van der Waals surface area contributed by atoms with E-state index in [1.165, 1.54) is 321 Å². The van der Waals surface area contributed by atoms with Crippen molar-refractivity contribution in [2.45, 2.75) is 425 Å². The summed E-state index contributed by atoms with van der Waals surface area (Å²) in [6, 6.07) is 0. The van der Waals surface area contributed by atoms with E-state index in [0.717, 1.165) is 57.8 Å². The quantitative estimate of drug-likeness (QED) is 0.0261. The van der Waals surface area contributed by atoms with Crippen molar-refractivity contribution < 1.29 is 28.6 Å². The summed E-state index contributed by atoms with van der Waals surface area (Å²) in [5, 5.41) is 0. The largest absolute Gasteiger partial charge is 0.462 e. The lowest BCUT2D eigenvalue weighted by atomic mass is 10.0. The maximum Gasteiger partial charge on any atom is 0.306 e. The fourth-order valence-corrected chi connectivity index (χ4v) is 11.3. The Hall–Kier alpha value is -1.85. The van der Waals surface area contributed by atoms with Crippen LogP contribution >= 0.6 is 0 Å². The van der Waals surface area contributed by atoms with Gasteiger partial charge in [-0.3, -0.25) is 14.4 Å². The van der Waals surface area contributed by atoms with Crippen LogP contribution in [0.3, 0.4) is 0 Å². The van der Waals surface area contributed by atoms with Gasteiger partial charge in [-0.1, -0.05) is 367 Å². The minimum absolute atomic E-state index is 0.0641. The van der Waals surface area contributed by atoms with Gasteiger partial charge >= 0.3 is 17.9 Å². The van der Waals surface area contributed by atoms with Crippen LogP contribution in [-0.4, -0.2) is 37.2 Å². The third-order valence-electron chi connectivity index (χ3n) is 16.8. The maximum atomic E-state index is 13.0. The second kappa shape index (κ2) is 68.6. The fraction of sp³-hybridized carbons (Fsp3) is 0.932. The molecule has 0 aromatic rings. The minimum Gasteiger partial charge on any atom is -0.462 e. The van der Waals surface area contributed by atoms with Crippen LogP contribution in [0.15, 0.2) is 12.2 Å². The summed E-state index contributed by atoms with van der Waals surface area (Å²) in [7, 11) is 0. The predicted molar refractivity (Wildman–Crippen MR) is 344 cm³/mol. The topological polar surface area (TPSA) is 78.9 Å². The Kier molecular flexibility index (Phi) is 67.0. The van der Waals surface area contributed by atoms with Crippen LogP contribution in [0.5, 0.6) is 0 Å². The van der Waals surface area contributed by atoms with Crippen LogP contribution < -0.4 is 0 Å². The number of unbranched alkanes of at least 4 members (excludes halogenated alkanes) is 55. The lowest BCUT2D eigenvalue weighted by Crippen LogP contribution is -2.30. The summed E-state index contributed by atoms with van der Waals surface area (Å²) in [4.78, 5) is 38.5. The van der Waals surface area contributed by atoms with Gasteiger partial charge in [-0.15, -0.1) is 0 Å². The zero-order valence-electron chi connectivity index (χ0n) is 53.9. The third-order valence-corrected chi connectivity index (χ3v) is 16.8. The molecule has 0 heterocycles. The van der Waals surface area contributed by atoms with Crippen molar-refractivity contribution in [3.63, 3.8) is 0 Å². The molecule has 468 valence electrons. The first-order valence-corrected chi connectivity index (χ1v) is 36.2. The predicted octanol–water partition coefficient (Wildman–Crippen LogP) is 24.8. The van der Waals surface area contributed by atoms with Gasteiger partial charge in [0.25, 0.3) is 0 Å². The molecule has 0 aliphatic heterocycles. The van der Waals surface area contributed by atoms with Gasteiger partial charge in [0, 0.05) is 19.3 Å². The molecule has 1 unspecified atom stereocenters. The standard InChI is InChI=1S/C73H140O6/c1-4-7-10-13-16-19-22-25-28-31-33-34-35-36-37-38-40-42-45-48-51-54-57-60-63-66-72(75)78-69-70(68-77-71(74)65-62-59-56-53-50-47-44-41-30-27-24-21-18-15-12-9-6-3)79-73(76)67-64-61-58-55-52-49-46-43-39-32-29-26-23-20-17-14-11-8-5-2/h27,30,70H,4-26,28-29,31-69H2,1-3H3/b30-27-. The molecular formula is C73H140O6. The zero-order chi connectivity index (χ0) is 57.1. The smallest absolute Gasteiger partial charge is 0.306 e. The van der Waals surface area contributed by atoms with E-state index in [9.17, 15) is 14.4 Å². The molecule has 0 aromatic carbocycles. The van der Waals surface area contributed by atoms with Gasteiger partial charge in [0.15, 0.2) is 6.10 Å². The Balaban J connectivity index is 4.25. The lowest BCUT2D eigenvalue weighted by molar-refractivity contribution is -0.167. The average molecular weight is 1110 g/mol.